The molecule has 18 heavy (non-hydrogen) atoms. The molecule has 0 aliphatic carbocycles. The predicted octanol–water partition coefficient (Wildman–Crippen LogP) is -0.766. The van der Waals surface area contributed by atoms with Crippen molar-refractivity contribution in [1.29, 1.82) is 0 Å². The number of rotatable bonds is 7. The Balaban J connectivity index is 4.90. The van der Waals surface area contributed by atoms with Crippen molar-refractivity contribution in [1.82, 2.24) is 0 Å². The fourth-order valence-electron chi connectivity index (χ4n) is 0.876. The molecule has 0 saturated heterocycles. The highest BCUT2D eigenvalue weighted by molar-refractivity contribution is 6.59. The maximum absolute atomic E-state index is 11.0. The monoisotopic (exact) mass is 296 g/mol. The minimum Gasteiger partial charge on any atom is -0.433 e. The zero-order chi connectivity index (χ0) is 14.2. The molecule has 0 rings (SSSR count). The Labute approximate surface area is 108 Å². The van der Waals surface area contributed by atoms with Crippen molar-refractivity contribution in [2.45, 2.75) is 27.3 Å². The standard InChI is InChI=1S/C8H16O8Si2/c1-6(9)14-18(15-7(2)10,16-8(3)11)13-5-12-17-4/h5,17H2,1-4H3. The molecule has 0 aromatic rings. The summed E-state index contributed by atoms with van der Waals surface area (Å²) in [6.07, 6.45) is 0. The number of carbonyl (C=O) groups is 3. The summed E-state index contributed by atoms with van der Waals surface area (Å²) < 4.78 is 24.2. The first kappa shape index (κ1) is 16.8. The summed E-state index contributed by atoms with van der Waals surface area (Å²) >= 11 is 0. The van der Waals surface area contributed by atoms with Crippen LogP contribution < -0.4 is 0 Å². The fourth-order valence-corrected chi connectivity index (χ4v) is 2.88. The van der Waals surface area contributed by atoms with Crippen LogP contribution >= 0.6 is 0 Å². The van der Waals surface area contributed by atoms with Gasteiger partial charge in [0, 0.05) is 20.8 Å². The zero-order valence-electron chi connectivity index (χ0n) is 10.7. The topological polar surface area (TPSA) is 97.4 Å². The van der Waals surface area contributed by atoms with E-state index in [9.17, 15) is 14.4 Å². The molecule has 0 fully saturated rings. The van der Waals surface area contributed by atoms with E-state index in [1.807, 2.05) is 6.55 Å². The second kappa shape index (κ2) is 7.97. The van der Waals surface area contributed by atoms with Crippen molar-refractivity contribution < 1.29 is 36.5 Å². The maximum Gasteiger partial charge on any atom is 0.900 e. The van der Waals surface area contributed by atoms with Crippen molar-refractivity contribution in [3.05, 3.63) is 0 Å². The Bertz CT molecular complexity index is 277. The molecule has 0 radical (unpaired) electrons. The number of carbonyl (C=O) groups excluding carboxylic acids is 3. The van der Waals surface area contributed by atoms with E-state index in [4.69, 9.17) is 22.1 Å². The quantitative estimate of drug-likeness (QED) is 0.343. The van der Waals surface area contributed by atoms with Crippen molar-refractivity contribution >= 4 is 36.7 Å². The summed E-state index contributed by atoms with van der Waals surface area (Å²) in [5, 5.41) is 0. The molecule has 104 valence electrons. The minimum absolute atomic E-state index is 0.275. The Kier molecular flexibility index (Phi) is 7.42. The summed E-state index contributed by atoms with van der Waals surface area (Å²) in [7, 11) is -4.93. The molecule has 0 N–H and O–H groups in total. The summed E-state index contributed by atoms with van der Waals surface area (Å²) in [6, 6.07) is 0. The molecule has 0 aromatic carbocycles. The van der Waals surface area contributed by atoms with Crippen LogP contribution in [-0.2, 0) is 36.5 Å². The van der Waals surface area contributed by atoms with E-state index in [1.54, 1.807) is 0 Å². The first-order valence-electron chi connectivity index (χ1n) is 5.11. The third-order valence-electron chi connectivity index (χ3n) is 1.33. The Hall–Kier alpha value is -1.24. The van der Waals surface area contributed by atoms with Crippen LogP contribution in [0.25, 0.3) is 0 Å². The highest BCUT2D eigenvalue weighted by Crippen LogP contribution is 2.13. The largest absolute Gasteiger partial charge is 0.900 e. The lowest BCUT2D eigenvalue weighted by Crippen LogP contribution is -2.52. The molecule has 0 unspecified atom stereocenters. The van der Waals surface area contributed by atoms with Gasteiger partial charge in [0.15, 0.2) is 9.76 Å². The van der Waals surface area contributed by atoms with E-state index < -0.39 is 36.7 Å². The lowest BCUT2D eigenvalue weighted by atomic mass is 10.9. The van der Waals surface area contributed by atoms with Crippen molar-refractivity contribution in [3.8, 4) is 0 Å². The van der Waals surface area contributed by atoms with Crippen molar-refractivity contribution in [2.75, 3.05) is 6.79 Å². The maximum atomic E-state index is 11.0. The second-order valence-electron chi connectivity index (χ2n) is 3.04. The molecule has 0 aliphatic rings. The molecule has 0 spiro atoms. The van der Waals surface area contributed by atoms with Gasteiger partial charge in [-0.2, -0.15) is 0 Å². The van der Waals surface area contributed by atoms with Gasteiger partial charge in [0.05, 0.1) is 0 Å². The zero-order valence-corrected chi connectivity index (χ0v) is 13.1. The predicted molar refractivity (Wildman–Crippen MR) is 62.5 cm³/mol. The van der Waals surface area contributed by atoms with Crippen LogP contribution in [0, 0.1) is 0 Å². The third kappa shape index (κ3) is 7.16. The van der Waals surface area contributed by atoms with Crippen LogP contribution in [0.2, 0.25) is 6.55 Å². The third-order valence-corrected chi connectivity index (χ3v) is 3.99. The van der Waals surface area contributed by atoms with Gasteiger partial charge >= 0.3 is 9.05 Å². The van der Waals surface area contributed by atoms with Gasteiger partial charge in [-0.05, 0) is 0 Å². The highest BCUT2D eigenvalue weighted by atomic mass is 28.4. The summed E-state index contributed by atoms with van der Waals surface area (Å²) in [6.45, 7) is 4.80. The average Bonchev–Trinajstić information content (AvgIpc) is 2.13. The number of hydrogen-bond donors (Lipinski definition) is 0. The van der Waals surface area contributed by atoms with Gasteiger partial charge < -0.3 is 17.7 Å². The lowest BCUT2D eigenvalue weighted by Gasteiger charge is -2.24. The molecule has 0 bridgehead atoms. The van der Waals surface area contributed by atoms with Crippen LogP contribution in [0.1, 0.15) is 20.8 Å². The molecular weight excluding hydrogens is 280 g/mol. The second-order valence-corrected chi connectivity index (χ2v) is 5.92. The van der Waals surface area contributed by atoms with Crippen LogP contribution in [0.4, 0.5) is 0 Å². The fraction of sp³-hybridized carbons (Fsp3) is 0.625. The van der Waals surface area contributed by atoms with E-state index in [1.165, 1.54) is 0 Å². The SMILES string of the molecule is C[SiH2]OCO[Si](OC(C)=O)(OC(C)=O)OC(C)=O. The average molecular weight is 296 g/mol. The molecule has 0 atom stereocenters. The first-order valence-corrected chi connectivity index (χ1v) is 8.74. The highest BCUT2D eigenvalue weighted by Gasteiger charge is 2.57. The van der Waals surface area contributed by atoms with Gasteiger partial charge in [-0.3, -0.25) is 18.8 Å². The van der Waals surface area contributed by atoms with Crippen LogP contribution in [0.15, 0.2) is 0 Å². The molecule has 0 aromatic heterocycles. The lowest BCUT2D eigenvalue weighted by molar-refractivity contribution is -0.158. The van der Waals surface area contributed by atoms with Crippen molar-refractivity contribution in [2.24, 2.45) is 0 Å². The van der Waals surface area contributed by atoms with E-state index in [0.29, 0.717) is 0 Å². The van der Waals surface area contributed by atoms with Gasteiger partial charge in [0.1, 0.15) is 6.79 Å². The molecule has 10 heteroatoms. The smallest absolute Gasteiger partial charge is 0.433 e. The summed E-state index contributed by atoms with van der Waals surface area (Å²) in [5.74, 6) is -2.38. The molecule has 0 aliphatic heterocycles. The molecule has 8 nitrogen and oxygen atoms in total. The van der Waals surface area contributed by atoms with Gasteiger partial charge in [-0.15, -0.1) is 0 Å². The normalized spacial score (nSPS) is 11.3. The van der Waals surface area contributed by atoms with Gasteiger partial charge in [0.25, 0.3) is 17.9 Å². The molecule has 0 heterocycles. The summed E-state index contributed by atoms with van der Waals surface area (Å²) in [4.78, 5) is 32.9. The van der Waals surface area contributed by atoms with Crippen LogP contribution in [0.5, 0.6) is 0 Å². The molecule has 0 saturated carbocycles. The Morgan fingerprint density at radius 2 is 1.33 bits per heavy atom. The van der Waals surface area contributed by atoms with Crippen LogP contribution in [0.3, 0.4) is 0 Å². The molecular formula is C8H16O8Si2. The molecule has 0 amide bonds. The van der Waals surface area contributed by atoms with Gasteiger partial charge in [0.2, 0.25) is 0 Å². The minimum atomic E-state index is -4.17. The van der Waals surface area contributed by atoms with Gasteiger partial charge in [-0.25, -0.2) is 0 Å². The van der Waals surface area contributed by atoms with Crippen LogP contribution in [-0.4, -0.2) is 43.5 Å². The van der Waals surface area contributed by atoms with E-state index in [2.05, 4.69) is 0 Å². The number of hydrogen-bond acceptors (Lipinski definition) is 8. The van der Waals surface area contributed by atoms with Crippen molar-refractivity contribution in [3.63, 3.8) is 0 Å². The van der Waals surface area contributed by atoms with Gasteiger partial charge in [-0.1, -0.05) is 6.55 Å². The van der Waals surface area contributed by atoms with E-state index in [-0.39, 0.29) is 6.79 Å². The summed E-state index contributed by atoms with van der Waals surface area (Å²) in [5.41, 5.74) is 0. The Morgan fingerprint density at radius 3 is 1.61 bits per heavy atom. The first-order chi connectivity index (χ1) is 8.31. The van der Waals surface area contributed by atoms with E-state index in [0.717, 1.165) is 20.8 Å². The Morgan fingerprint density at radius 1 is 0.944 bits per heavy atom. The van der Waals surface area contributed by atoms with E-state index >= 15 is 0 Å².